The van der Waals surface area contributed by atoms with Crippen molar-refractivity contribution in [3.63, 3.8) is 0 Å². The molecule has 0 N–H and O–H groups in total. The van der Waals surface area contributed by atoms with E-state index < -0.39 is 21.4 Å². The van der Waals surface area contributed by atoms with E-state index in [9.17, 15) is 21.6 Å². The van der Waals surface area contributed by atoms with Crippen LogP contribution in [0.5, 0.6) is 0 Å². The molecular formula is C21H15F3O3S. The molecule has 0 fully saturated rings. The van der Waals surface area contributed by atoms with E-state index in [2.05, 4.69) is 4.18 Å². The third kappa shape index (κ3) is 4.26. The number of alkyl halides is 3. The summed E-state index contributed by atoms with van der Waals surface area (Å²) in [5, 5.41) is 0. The first kappa shape index (κ1) is 19.7. The molecule has 0 amide bonds. The summed E-state index contributed by atoms with van der Waals surface area (Å²) in [6.45, 7) is 0. The molecule has 0 atom stereocenters. The molecule has 3 rings (SSSR count). The van der Waals surface area contributed by atoms with Gasteiger partial charge in [-0.1, -0.05) is 91.0 Å². The van der Waals surface area contributed by atoms with Crippen molar-refractivity contribution in [2.45, 2.75) is 5.51 Å². The number of halogens is 3. The fourth-order valence-electron chi connectivity index (χ4n) is 2.62. The number of hydrogen-bond acceptors (Lipinski definition) is 3. The molecule has 7 heteroatoms. The summed E-state index contributed by atoms with van der Waals surface area (Å²) in [5.41, 5.74) is -4.07. The SMILES string of the molecule is O=S(=O)(OC(=C(c1ccccc1)c1ccccc1)c1ccccc1)C(F)(F)F. The number of rotatable bonds is 5. The Bertz CT molecular complexity index is 1020. The molecule has 144 valence electrons. The fraction of sp³-hybridized carbons (Fsp3) is 0.0476. The van der Waals surface area contributed by atoms with E-state index in [1.54, 1.807) is 78.9 Å². The van der Waals surface area contributed by atoms with Crippen molar-refractivity contribution in [2.24, 2.45) is 0 Å². The lowest BCUT2D eigenvalue weighted by Crippen LogP contribution is -2.25. The normalized spacial score (nSPS) is 11.7. The summed E-state index contributed by atoms with van der Waals surface area (Å²) >= 11 is 0. The van der Waals surface area contributed by atoms with Crippen molar-refractivity contribution in [3.05, 3.63) is 108 Å². The van der Waals surface area contributed by atoms with Gasteiger partial charge in [0.15, 0.2) is 5.76 Å². The Balaban J connectivity index is 2.34. The van der Waals surface area contributed by atoms with E-state index >= 15 is 0 Å². The van der Waals surface area contributed by atoms with Crippen LogP contribution in [0.4, 0.5) is 13.2 Å². The van der Waals surface area contributed by atoms with Crippen LogP contribution in [0, 0.1) is 0 Å². The molecule has 0 saturated carbocycles. The van der Waals surface area contributed by atoms with Crippen LogP contribution >= 0.6 is 0 Å². The molecule has 3 aromatic carbocycles. The van der Waals surface area contributed by atoms with Crippen LogP contribution < -0.4 is 0 Å². The van der Waals surface area contributed by atoms with Crippen molar-refractivity contribution in [2.75, 3.05) is 0 Å². The highest BCUT2D eigenvalue weighted by atomic mass is 32.2. The van der Waals surface area contributed by atoms with Gasteiger partial charge in [0.05, 0.1) is 0 Å². The molecule has 0 spiro atoms. The molecule has 0 aliphatic rings. The van der Waals surface area contributed by atoms with Gasteiger partial charge in [0.2, 0.25) is 0 Å². The average Bonchev–Trinajstić information content (AvgIpc) is 2.69. The van der Waals surface area contributed by atoms with E-state index in [1.165, 1.54) is 12.1 Å². The van der Waals surface area contributed by atoms with Crippen LogP contribution in [-0.4, -0.2) is 13.9 Å². The lowest BCUT2D eigenvalue weighted by Gasteiger charge is -2.18. The third-order valence-electron chi connectivity index (χ3n) is 3.86. The quantitative estimate of drug-likeness (QED) is 0.245. The highest BCUT2D eigenvalue weighted by molar-refractivity contribution is 7.87. The van der Waals surface area contributed by atoms with Crippen molar-refractivity contribution < 1.29 is 25.8 Å². The maximum Gasteiger partial charge on any atom is 0.534 e. The van der Waals surface area contributed by atoms with Gasteiger partial charge in [-0.25, -0.2) is 0 Å². The fourth-order valence-corrected chi connectivity index (χ4v) is 3.11. The van der Waals surface area contributed by atoms with Gasteiger partial charge in [0, 0.05) is 11.1 Å². The van der Waals surface area contributed by atoms with Crippen LogP contribution in [0.2, 0.25) is 0 Å². The lowest BCUT2D eigenvalue weighted by atomic mass is 9.94. The predicted octanol–water partition coefficient (Wildman–Crippen LogP) is 5.47. The summed E-state index contributed by atoms with van der Waals surface area (Å²) in [6.07, 6.45) is 0. The van der Waals surface area contributed by atoms with Gasteiger partial charge in [0.25, 0.3) is 0 Å². The average molecular weight is 404 g/mol. The molecule has 0 aliphatic heterocycles. The van der Waals surface area contributed by atoms with Crippen LogP contribution in [0.25, 0.3) is 11.3 Å². The largest absolute Gasteiger partial charge is 0.534 e. The molecule has 0 unspecified atom stereocenters. The van der Waals surface area contributed by atoms with Crippen molar-refractivity contribution in [1.29, 1.82) is 0 Å². The van der Waals surface area contributed by atoms with E-state index in [0.717, 1.165) is 0 Å². The Hall–Kier alpha value is -3.06. The smallest absolute Gasteiger partial charge is 0.375 e. The highest BCUT2D eigenvalue weighted by Crippen LogP contribution is 2.37. The Morgan fingerprint density at radius 2 is 1.00 bits per heavy atom. The Labute approximate surface area is 160 Å². The Kier molecular flexibility index (Phi) is 5.56. The van der Waals surface area contributed by atoms with Crippen LogP contribution in [0.3, 0.4) is 0 Å². The summed E-state index contributed by atoms with van der Waals surface area (Å²) in [7, 11) is -5.86. The molecule has 0 bridgehead atoms. The zero-order valence-electron chi connectivity index (χ0n) is 14.4. The molecule has 0 saturated heterocycles. The Morgan fingerprint density at radius 3 is 1.36 bits per heavy atom. The predicted molar refractivity (Wildman–Crippen MR) is 101 cm³/mol. The van der Waals surface area contributed by atoms with E-state index in [-0.39, 0.29) is 11.1 Å². The molecule has 0 aliphatic carbocycles. The Morgan fingerprint density at radius 1 is 0.643 bits per heavy atom. The van der Waals surface area contributed by atoms with E-state index in [1.807, 2.05) is 0 Å². The minimum Gasteiger partial charge on any atom is -0.375 e. The van der Waals surface area contributed by atoms with Gasteiger partial charge in [-0.05, 0) is 11.1 Å². The topological polar surface area (TPSA) is 43.4 Å². The van der Waals surface area contributed by atoms with Gasteiger partial charge >= 0.3 is 15.6 Å². The first-order chi connectivity index (χ1) is 13.3. The molecule has 0 heterocycles. The van der Waals surface area contributed by atoms with Gasteiger partial charge in [-0.3, -0.25) is 0 Å². The first-order valence-corrected chi connectivity index (χ1v) is 9.62. The van der Waals surface area contributed by atoms with Gasteiger partial charge in [-0.15, -0.1) is 0 Å². The second kappa shape index (κ2) is 7.90. The highest BCUT2D eigenvalue weighted by Gasteiger charge is 2.49. The van der Waals surface area contributed by atoms with Crippen molar-refractivity contribution in [1.82, 2.24) is 0 Å². The van der Waals surface area contributed by atoms with Crippen LogP contribution in [0.15, 0.2) is 91.0 Å². The molecule has 0 aromatic heterocycles. The van der Waals surface area contributed by atoms with Gasteiger partial charge in [0.1, 0.15) is 0 Å². The lowest BCUT2D eigenvalue weighted by molar-refractivity contribution is -0.0509. The van der Waals surface area contributed by atoms with E-state index in [4.69, 9.17) is 0 Å². The van der Waals surface area contributed by atoms with E-state index in [0.29, 0.717) is 11.1 Å². The number of benzene rings is 3. The van der Waals surface area contributed by atoms with Crippen LogP contribution in [0.1, 0.15) is 16.7 Å². The second-order valence-corrected chi connectivity index (χ2v) is 7.32. The molecule has 3 nitrogen and oxygen atoms in total. The minimum atomic E-state index is -5.86. The minimum absolute atomic E-state index is 0.207. The zero-order valence-corrected chi connectivity index (χ0v) is 15.2. The maximum absolute atomic E-state index is 13.0. The third-order valence-corrected chi connectivity index (χ3v) is 4.82. The van der Waals surface area contributed by atoms with Crippen LogP contribution in [-0.2, 0) is 14.3 Å². The van der Waals surface area contributed by atoms with Crippen molar-refractivity contribution >= 4 is 21.5 Å². The molecular weight excluding hydrogens is 389 g/mol. The van der Waals surface area contributed by atoms with Gasteiger partial charge in [-0.2, -0.15) is 21.6 Å². The first-order valence-electron chi connectivity index (χ1n) is 8.21. The standard InChI is InChI=1S/C21H15F3O3S/c22-21(23,24)28(25,26)27-20(18-14-8-3-9-15-18)19(16-10-4-1-5-11-16)17-12-6-2-7-13-17/h1-15H. The summed E-state index contributed by atoms with van der Waals surface area (Å²) in [6, 6.07) is 24.9. The number of hydrogen-bond donors (Lipinski definition) is 0. The summed E-state index contributed by atoms with van der Waals surface area (Å²) < 4.78 is 67.5. The second-order valence-electron chi connectivity index (χ2n) is 5.79. The molecule has 28 heavy (non-hydrogen) atoms. The summed E-state index contributed by atoms with van der Waals surface area (Å²) in [5.74, 6) is -0.393. The van der Waals surface area contributed by atoms with Gasteiger partial charge < -0.3 is 4.18 Å². The maximum atomic E-state index is 13.0. The summed E-state index contributed by atoms with van der Waals surface area (Å²) in [4.78, 5) is 0. The monoisotopic (exact) mass is 404 g/mol. The zero-order chi connectivity index (χ0) is 20.2. The molecule has 3 aromatic rings. The van der Waals surface area contributed by atoms with Crippen molar-refractivity contribution in [3.8, 4) is 0 Å². The molecule has 0 radical (unpaired) electrons.